The lowest BCUT2D eigenvalue weighted by Crippen LogP contribution is -2.57. The van der Waals surface area contributed by atoms with E-state index in [2.05, 4.69) is 29.4 Å². The Kier molecular flexibility index (Phi) is 9.57. The molecular weight excluding hydrogens is 504 g/mol. The Balaban J connectivity index is 1.95. The zero-order chi connectivity index (χ0) is 24.9. The van der Waals surface area contributed by atoms with Gasteiger partial charge in [-0.3, -0.25) is 14.4 Å². The molecular formula is C25H39BrN2O6. The van der Waals surface area contributed by atoms with Crippen LogP contribution in [0.1, 0.15) is 58.8 Å². The summed E-state index contributed by atoms with van der Waals surface area (Å²) in [6, 6.07) is -0.774. The standard InChI is InChI=1S/C25H39BrN2O6/c1-4-7-13-27(12-5-2)23(31)21-25-16-17(26)20(34-25)18(24(32)33-6-3)19(25)22(30)28(21)14-10-8-9-11-15-29/h5,17-21,29H,2,4,6-16H2,1,3H3/t17?,18-,19-,20-,21?,25?/m0/s1. The molecule has 192 valence electrons. The molecule has 3 unspecified atom stereocenters. The Morgan fingerprint density at radius 3 is 2.68 bits per heavy atom. The van der Waals surface area contributed by atoms with Crippen LogP contribution in [-0.4, -0.2) is 88.1 Å². The number of amides is 2. The van der Waals surface area contributed by atoms with Crippen LogP contribution in [0.4, 0.5) is 0 Å². The summed E-state index contributed by atoms with van der Waals surface area (Å²) in [4.78, 5) is 44.1. The Hall–Kier alpha value is -1.45. The first-order valence-electron chi connectivity index (χ1n) is 12.7. The van der Waals surface area contributed by atoms with E-state index in [1.54, 1.807) is 22.8 Å². The molecule has 3 rings (SSSR count). The molecule has 0 aromatic rings. The second-order valence-corrected chi connectivity index (χ2v) is 10.7. The molecule has 0 aliphatic carbocycles. The molecule has 1 N–H and O–H groups in total. The maximum Gasteiger partial charge on any atom is 0.312 e. The fourth-order valence-electron chi connectivity index (χ4n) is 5.87. The third-order valence-electron chi connectivity index (χ3n) is 7.33. The topological polar surface area (TPSA) is 96.4 Å². The van der Waals surface area contributed by atoms with Gasteiger partial charge in [0.25, 0.3) is 0 Å². The van der Waals surface area contributed by atoms with Crippen LogP contribution in [0.2, 0.25) is 0 Å². The Labute approximate surface area is 211 Å². The molecule has 3 aliphatic rings. The van der Waals surface area contributed by atoms with Crippen LogP contribution in [0.25, 0.3) is 0 Å². The van der Waals surface area contributed by atoms with Crippen molar-refractivity contribution in [1.82, 2.24) is 9.80 Å². The molecule has 3 aliphatic heterocycles. The van der Waals surface area contributed by atoms with E-state index in [0.717, 1.165) is 32.1 Å². The molecule has 0 aromatic carbocycles. The highest BCUT2D eigenvalue weighted by atomic mass is 79.9. The molecule has 8 nitrogen and oxygen atoms in total. The molecule has 3 saturated heterocycles. The number of ether oxygens (including phenoxy) is 2. The van der Waals surface area contributed by atoms with Gasteiger partial charge in [0.1, 0.15) is 11.6 Å². The van der Waals surface area contributed by atoms with Crippen molar-refractivity contribution in [2.45, 2.75) is 81.4 Å². The molecule has 1 spiro atoms. The van der Waals surface area contributed by atoms with Crippen LogP contribution in [0, 0.1) is 11.8 Å². The highest BCUT2D eigenvalue weighted by Crippen LogP contribution is 2.60. The minimum atomic E-state index is -1.04. The number of alkyl halides is 1. The van der Waals surface area contributed by atoms with E-state index < -0.39 is 35.6 Å². The molecule has 3 heterocycles. The average Bonchev–Trinajstić information content (AvgIpc) is 3.40. The lowest BCUT2D eigenvalue weighted by Gasteiger charge is -2.37. The highest BCUT2D eigenvalue weighted by molar-refractivity contribution is 9.09. The van der Waals surface area contributed by atoms with Crippen molar-refractivity contribution in [2.75, 3.05) is 32.8 Å². The minimum Gasteiger partial charge on any atom is -0.466 e. The summed E-state index contributed by atoms with van der Waals surface area (Å²) < 4.78 is 11.8. The maximum atomic E-state index is 14.0. The van der Waals surface area contributed by atoms with Crippen molar-refractivity contribution >= 4 is 33.7 Å². The fraction of sp³-hybridized carbons (Fsp3) is 0.800. The van der Waals surface area contributed by atoms with Crippen LogP contribution in [0.15, 0.2) is 12.7 Å². The average molecular weight is 543 g/mol. The van der Waals surface area contributed by atoms with Crippen LogP contribution >= 0.6 is 15.9 Å². The number of fused-ring (bicyclic) bond motifs is 1. The Bertz CT molecular complexity index is 764. The smallest absolute Gasteiger partial charge is 0.312 e. The first-order chi connectivity index (χ1) is 16.4. The zero-order valence-electron chi connectivity index (χ0n) is 20.4. The van der Waals surface area contributed by atoms with E-state index >= 15 is 0 Å². The highest BCUT2D eigenvalue weighted by Gasteiger charge is 2.76. The third-order valence-corrected chi connectivity index (χ3v) is 8.18. The van der Waals surface area contributed by atoms with E-state index in [4.69, 9.17) is 14.6 Å². The predicted octanol–water partition coefficient (Wildman–Crippen LogP) is 2.66. The number of hydrogen-bond donors (Lipinski definition) is 1. The number of likely N-dealkylation sites (tertiary alicyclic amines) is 1. The van der Waals surface area contributed by atoms with E-state index in [1.165, 1.54) is 0 Å². The van der Waals surface area contributed by atoms with E-state index in [0.29, 0.717) is 32.5 Å². The van der Waals surface area contributed by atoms with E-state index in [9.17, 15) is 14.4 Å². The van der Waals surface area contributed by atoms with Gasteiger partial charge >= 0.3 is 5.97 Å². The maximum absolute atomic E-state index is 14.0. The van der Waals surface area contributed by atoms with Crippen molar-refractivity contribution in [3.63, 3.8) is 0 Å². The molecule has 6 atom stereocenters. The van der Waals surface area contributed by atoms with Crippen molar-refractivity contribution in [2.24, 2.45) is 11.8 Å². The Morgan fingerprint density at radius 1 is 1.29 bits per heavy atom. The summed E-state index contributed by atoms with van der Waals surface area (Å²) in [5.41, 5.74) is -1.04. The number of hydrogen-bond acceptors (Lipinski definition) is 6. The summed E-state index contributed by atoms with van der Waals surface area (Å²) in [6.45, 7) is 9.41. The molecule has 34 heavy (non-hydrogen) atoms. The normalized spacial score (nSPS) is 31.6. The number of aliphatic hydroxyl groups excluding tert-OH is 1. The van der Waals surface area contributed by atoms with Gasteiger partial charge in [-0.25, -0.2) is 0 Å². The molecule has 2 bridgehead atoms. The summed E-state index contributed by atoms with van der Waals surface area (Å²) in [7, 11) is 0. The SMILES string of the molecule is C=CCN(CCCC)C(=O)C1N(CCCCCCO)C(=O)[C@@H]2[C@H](C(=O)OCC)[C@H]3OC12CC3Br. The second-order valence-electron chi connectivity index (χ2n) is 9.51. The van der Waals surface area contributed by atoms with Crippen LogP contribution < -0.4 is 0 Å². The van der Waals surface area contributed by atoms with Gasteiger partial charge in [0, 0.05) is 31.1 Å². The summed E-state index contributed by atoms with van der Waals surface area (Å²) in [5, 5.41) is 9.06. The quantitative estimate of drug-likeness (QED) is 0.157. The number of halogens is 1. The predicted molar refractivity (Wildman–Crippen MR) is 131 cm³/mol. The number of carbonyl (C=O) groups excluding carboxylic acids is 3. The van der Waals surface area contributed by atoms with Gasteiger partial charge < -0.3 is 24.4 Å². The van der Waals surface area contributed by atoms with Crippen molar-refractivity contribution in [1.29, 1.82) is 0 Å². The van der Waals surface area contributed by atoms with Gasteiger partial charge in [-0.15, -0.1) is 6.58 Å². The number of aliphatic hydroxyl groups is 1. The third kappa shape index (κ3) is 4.93. The van der Waals surface area contributed by atoms with Crippen molar-refractivity contribution in [3.8, 4) is 0 Å². The minimum absolute atomic E-state index is 0.130. The number of rotatable bonds is 14. The molecule has 0 saturated carbocycles. The molecule has 0 aromatic heterocycles. The Morgan fingerprint density at radius 2 is 2.03 bits per heavy atom. The van der Waals surface area contributed by atoms with Gasteiger partial charge in [0.05, 0.1) is 24.5 Å². The molecule has 3 fully saturated rings. The zero-order valence-corrected chi connectivity index (χ0v) is 22.0. The lowest BCUT2D eigenvalue weighted by molar-refractivity contribution is -0.154. The number of unbranched alkanes of at least 4 members (excludes halogenated alkanes) is 4. The lowest BCUT2D eigenvalue weighted by atomic mass is 9.70. The number of carbonyl (C=O) groups is 3. The van der Waals surface area contributed by atoms with Gasteiger partial charge in [-0.1, -0.05) is 48.2 Å². The van der Waals surface area contributed by atoms with Gasteiger partial charge in [0.2, 0.25) is 11.8 Å². The fourth-order valence-corrected chi connectivity index (χ4v) is 6.82. The van der Waals surface area contributed by atoms with Gasteiger partial charge in [-0.2, -0.15) is 0 Å². The summed E-state index contributed by atoms with van der Waals surface area (Å²) >= 11 is 3.67. The van der Waals surface area contributed by atoms with Crippen molar-refractivity contribution < 1.29 is 29.0 Å². The molecule has 2 amide bonds. The largest absolute Gasteiger partial charge is 0.466 e. The summed E-state index contributed by atoms with van der Waals surface area (Å²) in [5.74, 6) is -2.18. The van der Waals surface area contributed by atoms with E-state index in [-0.39, 0.29) is 29.9 Å². The number of nitrogens with zero attached hydrogens (tertiary/aromatic N) is 2. The van der Waals surface area contributed by atoms with Gasteiger partial charge in [-0.05, 0) is 32.6 Å². The van der Waals surface area contributed by atoms with Crippen LogP contribution in [0.3, 0.4) is 0 Å². The monoisotopic (exact) mass is 542 g/mol. The molecule has 9 heteroatoms. The van der Waals surface area contributed by atoms with Crippen LogP contribution in [-0.2, 0) is 23.9 Å². The molecule has 0 radical (unpaired) electrons. The number of esters is 1. The summed E-state index contributed by atoms with van der Waals surface area (Å²) in [6.07, 6.45) is 6.66. The first kappa shape index (κ1) is 27.1. The second kappa shape index (κ2) is 12.0. The van der Waals surface area contributed by atoms with E-state index in [1.807, 2.05) is 0 Å². The van der Waals surface area contributed by atoms with Crippen molar-refractivity contribution in [3.05, 3.63) is 12.7 Å². The first-order valence-corrected chi connectivity index (χ1v) is 13.6. The van der Waals surface area contributed by atoms with Gasteiger partial charge in [0.15, 0.2) is 0 Å². The van der Waals surface area contributed by atoms with Crippen LogP contribution in [0.5, 0.6) is 0 Å².